The highest BCUT2D eigenvalue weighted by Crippen LogP contribution is 2.38. The molecule has 0 aromatic heterocycles. The Bertz CT molecular complexity index is 272. The van der Waals surface area contributed by atoms with Crippen LogP contribution in [0.3, 0.4) is 0 Å². The van der Waals surface area contributed by atoms with Gasteiger partial charge in [0, 0.05) is 36.5 Å². The molecule has 3 heteroatoms. The second-order valence-corrected chi connectivity index (χ2v) is 7.81. The molecule has 1 N–H and O–H groups in total. The molecule has 2 nitrogen and oxygen atoms in total. The molecule has 18 heavy (non-hydrogen) atoms. The van der Waals surface area contributed by atoms with Crippen LogP contribution in [0, 0.1) is 0 Å². The predicted octanol–water partition coefficient (Wildman–Crippen LogP) is 2.88. The van der Waals surface area contributed by atoms with Crippen LogP contribution in [0.25, 0.3) is 0 Å². The first-order valence-corrected chi connectivity index (χ1v) is 9.06. The Morgan fingerprint density at radius 3 is 2.61 bits per heavy atom. The largest absolute Gasteiger partial charge is 0.311 e. The van der Waals surface area contributed by atoms with Gasteiger partial charge in [0.25, 0.3) is 0 Å². The van der Waals surface area contributed by atoms with Crippen LogP contribution >= 0.6 is 11.8 Å². The Kier molecular flexibility index (Phi) is 4.21. The SMILES string of the molecule is CSC1(CNC2CCN(C3CC3)C2)CCCCC1. The van der Waals surface area contributed by atoms with Crippen molar-refractivity contribution >= 4 is 11.8 Å². The molecule has 0 amide bonds. The molecule has 0 spiro atoms. The molecule has 0 radical (unpaired) electrons. The van der Waals surface area contributed by atoms with E-state index in [1.54, 1.807) is 0 Å². The zero-order valence-electron chi connectivity index (χ0n) is 11.8. The average molecular weight is 268 g/mol. The molecule has 0 aromatic carbocycles. The number of nitrogens with zero attached hydrogens (tertiary/aromatic N) is 1. The van der Waals surface area contributed by atoms with Gasteiger partial charge in [-0.05, 0) is 38.4 Å². The fourth-order valence-corrected chi connectivity index (χ4v) is 4.63. The van der Waals surface area contributed by atoms with Crippen molar-refractivity contribution in [3.05, 3.63) is 0 Å². The summed E-state index contributed by atoms with van der Waals surface area (Å²) in [4.78, 5) is 2.71. The van der Waals surface area contributed by atoms with Gasteiger partial charge in [-0.2, -0.15) is 11.8 Å². The topological polar surface area (TPSA) is 15.3 Å². The van der Waals surface area contributed by atoms with Crippen LogP contribution in [0.5, 0.6) is 0 Å². The highest BCUT2D eigenvalue weighted by molar-refractivity contribution is 8.00. The summed E-state index contributed by atoms with van der Waals surface area (Å²) in [5, 5.41) is 3.89. The zero-order chi connectivity index (χ0) is 12.4. The number of nitrogens with one attached hydrogen (secondary N) is 1. The molecule has 1 unspecified atom stereocenters. The molecule has 3 fully saturated rings. The van der Waals surface area contributed by atoms with E-state index in [0.29, 0.717) is 4.75 Å². The first kappa shape index (κ1) is 13.3. The standard InChI is InChI=1S/C15H28N2S/c1-18-15(8-3-2-4-9-15)12-16-13-7-10-17(11-13)14-5-6-14/h13-14,16H,2-12H2,1H3. The van der Waals surface area contributed by atoms with Crippen molar-refractivity contribution in [2.75, 3.05) is 25.9 Å². The summed E-state index contributed by atoms with van der Waals surface area (Å²) in [6.45, 7) is 3.90. The molecule has 0 bridgehead atoms. The molecule has 1 aliphatic heterocycles. The van der Waals surface area contributed by atoms with E-state index in [0.717, 1.165) is 12.1 Å². The van der Waals surface area contributed by atoms with Gasteiger partial charge in [-0.1, -0.05) is 19.3 Å². The second kappa shape index (κ2) is 5.72. The van der Waals surface area contributed by atoms with Gasteiger partial charge >= 0.3 is 0 Å². The Labute approximate surface area is 116 Å². The summed E-state index contributed by atoms with van der Waals surface area (Å²) in [5.74, 6) is 0. The van der Waals surface area contributed by atoms with E-state index in [4.69, 9.17) is 0 Å². The van der Waals surface area contributed by atoms with Crippen LogP contribution in [0.15, 0.2) is 0 Å². The van der Waals surface area contributed by atoms with Crippen LogP contribution in [0.2, 0.25) is 0 Å². The molecular formula is C15H28N2S. The third-order valence-corrected chi connectivity index (χ3v) is 6.61. The lowest BCUT2D eigenvalue weighted by Crippen LogP contribution is -2.44. The van der Waals surface area contributed by atoms with Gasteiger partial charge in [0.2, 0.25) is 0 Å². The Morgan fingerprint density at radius 2 is 1.94 bits per heavy atom. The lowest BCUT2D eigenvalue weighted by molar-refractivity contribution is 0.310. The van der Waals surface area contributed by atoms with Crippen LogP contribution in [-0.2, 0) is 0 Å². The minimum absolute atomic E-state index is 0.561. The summed E-state index contributed by atoms with van der Waals surface area (Å²) in [6, 6.07) is 1.73. The number of thioether (sulfide) groups is 1. The van der Waals surface area contributed by atoms with Crippen molar-refractivity contribution in [1.29, 1.82) is 0 Å². The van der Waals surface area contributed by atoms with E-state index in [2.05, 4.69) is 28.2 Å². The Morgan fingerprint density at radius 1 is 1.17 bits per heavy atom. The summed E-state index contributed by atoms with van der Waals surface area (Å²) in [5.41, 5.74) is 0. The Balaban J connectivity index is 1.45. The van der Waals surface area contributed by atoms with Gasteiger partial charge < -0.3 is 5.32 Å². The van der Waals surface area contributed by atoms with Crippen molar-refractivity contribution in [2.24, 2.45) is 0 Å². The van der Waals surface area contributed by atoms with E-state index in [9.17, 15) is 0 Å². The fourth-order valence-electron chi connectivity index (χ4n) is 3.70. The highest BCUT2D eigenvalue weighted by atomic mass is 32.2. The molecule has 1 heterocycles. The fraction of sp³-hybridized carbons (Fsp3) is 1.00. The molecule has 2 aliphatic carbocycles. The molecule has 1 saturated heterocycles. The first-order chi connectivity index (χ1) is 8.81. The molecule has 104 valence electrons. The van der Waals surface area contributed by atoms with Gasteiger partial charge in [-0.3, -0.25) is 4.90 Å². The van der Waals surface area contributed by atoms with Crippen molar-refractivity contribution in [2.45, 2.75) is 68.2 Å². The number of likely N-dealkylation sites (tertiary alicyclic amines) is 1. The van der Waals surface area contributed by atoms with E-state index in [1.807, 2.05) is 0 Å². The molecule has 1 atom stereocenters. The first-order valence-electron chi connectivity index (χ1n) is 7.84. The average Bonchev–Trinajstić information content (AvgIpc) is 3.17. The molecule has 3 aliphatic rings. The number of rotatable bonds is 5. The minimum Gasteiger partial charge on any atom is -0.311 e. The minimum atomic E-state index is 0.561. The van der Waals surface area contributed by atoms with Crippen LogP contribution in [0.1, 0.15) is 51.4 Å². The quantitative estimate of drug-likeness (QED) is 0.825. The molecule has 2 saturated carbocycles. The van der Waals surface area contributed by atoms with E-state index in [1.165, 1.54) is 71.0 Å². The maximum atomic E-state index is 3.89. The lowest BCUT2D eigenvalue weighted by atomic mass is 9.88. The van der Waals surface area contributed by atoms with E-state index < -0.39 is 0 Å². The van der Waals surface area contributed by atoms with Crippen molar-refractivity contribution < 1.29 is 0 Å². The monoisotopic (exact) mass is 268 g/mol. The second-order valence-electron chi connectivity index (χ2n) is 6.54. The van der Waals surface area contributed by atoms with Crippen molar-refractivity contribution in [3.63, 3.8) is 0 Å². The van der Waals surface area contributed by atoms with E-state index in [-0.39, 0.29) is 0 Å². The maximum Gasteiger partial charge on any atom is 0.0281 e. The Hall–Kier alpha value is 0.270. The highest BCUT2D eigenvalue weighted by Gasteiger charge is 2.36. The van der Waals surface area contributed by atoms with Gasteiger partial charge in [0.05, 0.1) is 0 Å². The van der Waals surface area contributed by atoms with Crippen LogP contribution in [0.4, 0.5) is 0 Å². The summed E-state index contributed by atoms with van der Waals surface area (Å²) in [7, 11) is 0. The molecule has 0 aromatic rings. The van der Waals surface area contributed by atoms with Gasteiger partial charge in [0.1, 0.15) is 0 Å². The third-order valence-electron chi connectivity index (χ3n) is 5.19. The normalized spacial score (nSPS) is 32.8. The van der Waals surface area contributed by atoms with Crippen molar-refractivity contribution in [3.8, 4) is 0 Å². The zero-order valence-corrected chi connectivity index (χ0v) is 12.6. The number of hydrogen-bond acceptors (Lipinski definition) is 3. The van der Waals surface area contributed by atoms with Gasteiger partial charge in [0.15, 0.2) is 0 Å². The van der Waals surface area contributed by atoms with Gasteiger partial charge in [-0.25, -0.2) is 0 Å². The lowest BCUT2D eigenvalue weighted by Gasteiger charge is -2.37. The summed E-state index contributed by atoms with van der Waals surface area (Å²) in [6.07, 6.45) is 13.8. The maximum absolute atomic E-state index is 3.89. The van der Waals surface area contributed by atoms with E-state index >= 15 is 0 Å². The van der Waals surface area contributed by atoms with Crippen LogP contribution in [-0.4, -0.2) is 47.6 Å². The molecule has 3 rings (SSSR count). The van der Waals surface area contributed by atoms with Gasteiger partial charge in [-0.15, -0.1) is 0 Å². The summed E-state index contributed by atoms with van der Waals surface area (Å²) < 4.78 is 0.561. The number of hydrogen-bond donors (Lipinski definition) is 1. The molecular weight excluding hydrogens is 240 g/mol. The predicted molar refractivity (Wildman–Crippen MR) is 80.3 cm³/mol. The van der Waals surface area contributed by atoms with Crippen LogP contribution < -0.4 is 5.32 Å². The summed E-state index contributed by atoms with van der Waals surface area (Å²) >= 11 is 2.12. The third kappa shape index (κ3) is 3.05. The van der Waals surface area contributed by atoms with Crippen molar-refractivity contribution in [1.82, 2.24) is 10.2 Å². The smallest absolute Gasteiger partial charge is 0.0281 e.